The van der Waals surface area contributed by atoms with Gasteiger partial charge in [-0.3, -0.25) is 14.3 Å². The predicted molar refractivity (Wildman–Crippen MR) is 147 cm³/mol. The van der Waals surface area contributed by atoms with Crippen LogP contribution in [0.1, 0.15) is 11.1 Å². The molecule has 0 radical (unpaired) electrons. The second-order valence-corrected chi connectivity index (χ2v) is 9.79. The molecule has 212 valence electrons. The van der Waals surface area contributed by atoms with Crippen LogP contribution in [0.2, 0.25) is 0 Å². The Morgan fingerprint density at radius 2 is 1.67 bits per heavy atom. The average Bonchev–Trinajstić information content (AvgIpc) is 3.81. The lowest BCUT2D eigenvalue weighted by molar-refractivity contribution is -0.126. The van der Waals surface area contributed by atoms with E-state index < -0.39 is 6.04 Å². The lowest BCUT2D eigenvalue weighted by Gasteiger charge is -2.41. The molecule has 0 bridgehead atoms. The number of hydrogen-bond donors (Lipinski definition) is 1. The van der Waals surface area contributed by atoms with Gasteiger partial charge >= 0.3 is 0 Å². The van der Waals surface area contributed by atoms with Gasteiger partial charge in [0.25, 0.3) is 0 Å². The first-order valence-corrected chi connectivity index (χ1v) is 13.3. The first-order valence-electron chi connectivity index (χ1n) is 13.3. The molecule has 13 heteroatoms. The molecule has 1 saturated heterocycles. The molecule has 4 aromatic rings. The summed E-state index contributed by atoms with van der Waals surface area (Å²) in [4.78, 5) is 43.1. The van der Waals surface area contributed by atoms with Crippen molar-refractivity contribution in [3.63, 3.8) is 0 Å². The maximum absolute atomic E-state index is 13.9. The highest BCUT2D eigenvalue weighted by Crippen LogP contribution is 2.35. The molecule has 0 aliphatic carbocycles. The third-order valence-electron chi connectivity index (χ3n) is 7.25. The van der Waals surface area contributed by atoms with Crippen LogP contribution in [0.3, 0.4) is 0 Å². The molecule has 2 aromatic carbocycles. The highest BCUT2D eigenvalue weighted by Gasteiger charge is 2.39. The summed E-state index contributed by atoms with van der Waals surface area (Å²) in [6, 6.07) is 11.9. The van der Waals surface area contributed by atoms with Crippen LogP contribution in [0.15, 0.2) is 73.1 Å². The zero-order valence-corrected chi connectivity index (χ0v) is 22.3. The van der Waals surface area contributed by atoms with Crippen molar-refractivity contribution >= 4 is 17.7 Å². The van der Waals surface area contributed by atoms with Crippen molar-refractivity contribution in [1.29, 1.82) is 0 Å². The number of amides is 1. The Labute approximate surface area is 239 Å². The molecule has 0 saturated carbocycles. The van der Waals surface area contributed by atoms with Crippen LogP contribution < -0.4 is 29.2 Å². The van der Waals surface area contributed by atoms with E-state index in [0.29, 0.717) is 54.4 Å². The Kier molecular flexibility index (Phi) is 6.62. The molecule has 1 unspecified atom stereocenters. The average molecular weight is 568 g/mol. The van der Waals surface area contributed by atoms with Crippen molar-refractivity contribution in [2.75, 3.05) is 31.6 Å². The van der Waals surface area contributed by atoms with Gasteiger partial charge in [-0.15, -0.1) is 0 Å². The molecule has 1 fully saturated rings. The molecular formula is C29H25N7O6. The largest absolute Gasteiger partial charge is 0.454 e. The molecule has 3 aliphatic heterocycles. The van der Waals surface area contributed by atoms with Crippen molar-refractivity contribution < 1.29 is 28.5 Å². The number of aromatic nitrogens is 4. The van der Waals surface area contributed by atoms with E-state index in [1.54, 1.807) is 40.5 Å². The van der Waals surface area contributed by atoms with Gasteiger partial charge in [-0.25, -0.2) is 14.8 Å². The summed E-state index contributed by atoms with van der Waals surface area (Å²) in [5, 5.41) is 2.99. The Morgan fingerprint density at radius 3 is 2.40 bits per heavy atom. The van der Waals surface area contributed by atoms with E-state index in [-0.39, 0.29) is 31.7 Å². The third-order valence-corrected chi connectivity index (χ3v) is 7.25. The number of fused-ring (bicyclic) bond motifs is 2. The minimum atomic E-state index is -0.942. The number of imidazole rings is 1. The number of carbonyl (C=O) groups is 1. The van der Waals surface area contributed by atoms with Gasteiger partial charge in [-0.05, 0) is 41.5 Å². The predicted octanol–water partition coefficient (Wildman–Crippen LogP) is 1.84. The fourth-order valence-electron chi connectivity index (χ4n) is 5.21. The number of anilines is 1. The van der Waals surface area contributed by atoms with Crippen LogP contribution in [0.4, 0.5) is 5.82 Å². The van der Waals surface area contributed by atoms with Crippen molar-refractivity contribution in [2.45, 2.75) is 19.1 Å². The fourth-order valence-corrected chi connectivity index (χ4v) is 5.21. The molecule has 1 amide bonds. The molecule has 0 spiro atoms. The Hall–Kier alpha value is -5.39. The van der Waals surface area contributed by atoms with Crippen molar-refractivity contribution in [1.82, 2.24) is 29.7 Å². The lowest BCUT2D eigenvalue weighted by Crippen LogP contribution is -2.57. The molecule has 2 aromatic heterocycles. The second-order valence-electron chi connectivity index (χ2n) is 9.79. The van der Waals surface area contributed by atoms with Crippen LogP contribution in [0.25, 0.3) is 5.95 Å². The standard InChI is InChI=1S/C29H25N7O6/c37-15-21-27(28(38)32-13-19-1-3-22-24(11-19)41-17-39-22)34(14-20-2-4-23-25(12-20)42-18-40-23)9-10-36(21)26-5-6-31-29(33-26)35-8-7-30-16-35/h1-8,11-12,16,27H,9-10,13-14,17-18H2,(H,32,38). The molecule has 1 N–H and O–H groups in total. The molecular weight excluding hydrogens is 542 g/mol. The number of nitrogens with one attached hydrogen (secondary N) is 1. The van der Waals surface area contributed by atoms with Gasteiger partial charge in [-0.2, -0.15) is 4.98 Å². The lowest BCUT2D eigenvalue weighted by atomic mass is 10.0. The van der Waals surface area contributed by atoms with Gasteiger partial charge < -0.3 is 29.2 Å². The van der Waals surface area contributed by atoms with Crippen LogP contribution in [-0.4, -0.2) is 69.0 Å². The highest BCUT2D eigenvalue weighted by molar-refractivity contribution is 5.89. The van der Waals surface area contributed by atoms with Gasteiger partial charge in [0.15, 0.2) is 23.0 Å². The summed E-state index contributed by atoms with van der Waals surface area (Å²) in [5.41, 5.74) is 1.90. The molecule has 42 heavy (non-hydrogen) atoms. The zero-order valence-electron chi connectivity index (χ0n) is 22.3. The molecule has 5 heterocycles. The number of piperazine rings is 1. The maximum atomic E-state index is 13.9. The fraction of sp³-hybridized carbons (Fsp3) is 0.241. The Balaban J connectivity index is 1.17. The van der Waals surface area contributed by atoms with E-state index in [1.807, 2.05) is 41.3 Å². The van der Waals surface area contributed by atoms with E-state index in [1.165, 1.54) is 0 Å². The maximum Gasteiger partial charge on any atom is 0.244 e. The van der Waals surface area contributed by atoms with E-state index in [4.69, 9.17) is 18.9 Å². The number of carbonyl (C=O) groups excluding carboxylic acids is 2. The molecule has 1 atom stereocenters. The summed E-state index contributed by atoms with van der Waals surface area (Å²) in [7, 11) is 0. The van der Waals surface area contributed by atoms with Gasteiger partial charge in [-0.1, -0.05) is 12.1 Å². The van der Waals surface area contributed by atoms with Crippen molar-refractivity contribution in [2.24, 2.45) is 0 Å². The Morgan fingerprint density at radius 1 is 0.929 bits per heavy atom. The SMILES string of the molecule is O=C=C1C(C(=O)NCc2ccc3c(c2)OCO3)N(Cc2ccc3c(c2)OCO3)CCN1c1ccnc(-n2ccnc2)n1. The quantitative estimate of drug-likeness (QED) is 0.328. The monoisotopic (exact) mass is 567 g/mol. The van der Waals surface area contributed by atoms with E-state index >= 15 is 0 Å². The highest BCUT2D eigenvalue weighted by atomic mass is 16.7. The summed E-state index contributed by atoms with van der Waals surface area (Å²) >= 11 is 0. The third kappa shape index (κ3) is 4.87. The van der Waals surface area contributed by atoms with Crippen LogP contribution >= 0.6 is 0 Å². The van der Waals surface area contributed by atoms with Gasteiger partial charge in [0.05, 0.1) is 0 Å². The van der Waals surface area contributed by atoms with Crippen LogP contribution in [-0.2, 0) is 22.7 Å². The number of ether oxygens (including phenoxy) is 4. The summed E-state index contributed by atoms with van der Waals surface area (Å²) in [5.74, 6) is 5.18. The van der Waals surface area contributed by atoms with Gasteiger partial charge in [0.1, 0.15) is 29.8 Å². The second kappa shape index (κ2) is 10.9. The minimum Gasteiger partial charge on any atom is -0.454 e. The summed E-state index contributed by atoms with van der Waals surface area (Å²) < 4.78 is 23.5. The molecule has 13 nitrogen and oxygen atoms in total. The normalized spacial score (nSPS) is 17.3. The number of nitrogens with zero attached hydrogens (tertiary/aromatic N) is 6. The van der Waals surface area contributed by atoms with Crippen LogP contribution in [0, 0.1) is 0 Å². The zero-order chi connectivity index (χ0) is 28.5. The van der Waals surface area contributed by atoms with E-state index in [2.05, 4.69) is 26.2 Å². The van der Waals surface area contributed by atoms with Crippen molar-refractivity contribution in [3.05, 3.63) is 84.2 Å². The van der Waals surface area contributed by atoms with E-state index in [0.717, 1.165) is 11.1 Å². The molecule has 7 rings (SSSR count). The minimum absolute atomic E-state index is 0.153. The summed E-state index contributed by atoms with van der Waals surface area (Å²) in [6.45, 7) is 1.82. The smallest absolute Gasteiger partial charge is 0.244 e. The van der Waals surface area contributed by atoms with Crippen LogP contribution in [0.5, 0.6) is 23.0 Å². The first-order chi connectivity index (χ1) is 20.7. The summed E-state index contributed by atoms with van der Waals surface area (Å²) in [6.07, 6.45) is 6.55. The first kappa shape index (κ1) is 25.6. The van der Waals surface area contributed by atoms with Crippen molar-refractivity contribution in [3.8, 4) is 28.9 Å². The number of rotatable bonds is 7. The van der Waals surface area contributed by atoms with E-state index in [9.17, 15) is 9.59 Å². The number of benzene rings is 2. The topological polar surface area (TPSA) is 133 Å². The van der Waals surface area contributed by atoms with Gasteiger partial charge in [0.2, 0.25) is 25.4 Å². The Bertz CT molecular complexity index is 1690. The molecule has 3 aliphatic rings. The number of hydrogen-bond acceptors (Lipinski definition) is 11. The van der Waals surface area contributed by atoms with Gasteiger partial charge in [0, 0.05) is 44.8 Å².